The molecule has 39 heavy (non-hydrogen) atoms. The first-order valence-corrected chi connectivity index (χ1v) is 13.7. The van der Waals surface area contributed by atoms with Gasteiger partial charge in [0.2, 0.25) is 0 Å². The van der Waals surface area contributed by atoms with E-state index in [1.54, 1.807) is 24.0 Å². The molecule has 2 rings (SSSR count). The number of carbonyl (C=O) groups excluding carboxylic acids is 3. The number of likely N-dealkylation sites (N-methyl/N-ethyl adjacent to an activating group) is 1. The summed E-state index contributed by atoms with van der Waals surface area (Å²) in [6.07, 6.45) is 6.17. The minimum absolute atomic E-state index is 0.0245. The monoisotopic (exact) mass is 550 g/mol. The minimum Gasteiger partial charge on any atom is -0.457 e. The standard InChI is InChI=1S/C29H46N2O8/c1-20(19-37-28(35)31-16-14-30(6)15-17-31)8-7-9-21(2)27-22(3)10-11-25(38-23(4)32)29(5,36)13-12-24(33)18-26(34)39-27/h7-11,20,22,24-25,27,33,36H,12-19H2,1-6H3/b8-7+,11-10+,21-9+/t20-,22+,24-,25+,27-,29-/m1/s1. The second kappa shape index (κ2) is 15.2. The van der Waals surface area contributed by atoms with Crippen LogP contribution in [-0.4, -0.2) is 102 Å². The number of amides is 1. The number of hydrogen-bond acceptors (Lipinski definition) is 9. The molecule has 2 aliphatic rings. The van der Waals surface area contributed by atoms with Crippen LogP contribution in [0.1, 0.15) is 53.9 Å². The number of carbonyl (C=O) groups is 3. The number of aliphatic hydroxyl groups is 2. The van der Waals surface area contributed by atoms with Gasteiger partial charge in [-0.2, -0.15) is 0 Å². The van der Waals surface area contributed by atoms with Gasteiger partial charge in [-0.1, -0.05) is 38.2 Å². The average Bonchev–Trinajstić information content (AvgIpc) is 2.86. The Labute approximate surface area is 232 Å². The summed E-state index contributed by atoms with van der Waals surface area (Å²) < 4.78 is 16.6. The lowest BCUT2D eigenvalue weighted by molar-refractivity contribution is -0.157. The maximum absolute atomic E-state index is 12.6. The Hall–Kier alpha value is -2.69. The van der Waals surface area contributed by atoms with Crippen LogP contribution in [0.2, 0.25) is 0 Å². The summed E-state index contributed by atoms with van der Waals surface area (Å²) in [6, 6.07) is 0. The van der Waals surface area contributed by atoms with Crippen molar-refractivity contribution in [2.24, 2.45) is 11.8 Å². The Morgan fingerprint density at radius 2 is 1.90 bits per heavy atom. The van der Waals surface area contributed by atoms with E-state index in [0.29, 0.717) is 13.1 Å². The first kappa shape index (κ1) is 32.5. The Morgan fingerprint density at radius 1 is 1.23 bits per heavy atom. The third-order valence-corrected chi connectivity index (χ3v) is 7.10. The van der Waals surface area contributed by atoms with Crippen molar-refractivity contribution < 1.29 is 38.8 Å². The largest absolute Gasteiger partial charge is 0.457 e. The zero-order chi connectivity index (χ0) is 29.2. The molecule has 0 bridgehead atoms. The fourth-order valence-electron chi connectivity index (χ4n) is 4.46. The molecule has 0 aromatic heterocycles. The normalized spacial score (nSPS) is 31.5. The first-order valence-electron chi connectivity index (χ1n) is 13.7. The second-order valence-corrected chi connectivity index (χ2v) is 11.1. The summed E-state index contributed by atoms with van der Waals surface area (Å²) in [5.41, 5.74) is -0.653. The molecule has 0 aromatic rings. The Balaban J connectivity index is 2.09. The quantitative estimate of drug-likeness (QED) is 0.222. The molecule has 1 amide bonds. The van der Waals surface area contributed by atoms with E-state index in [4.69, 9.17) is 14.2 Å². The molecule has 0 spiro atoms. The van der Waals surface area contributed by atoms with Gasteiger partial charge in [-0.25, -0.2) is 4.79 Å². The van der Waals surface area contributed by atoms with Crippen LogP contribution in [0.5, 0.6) is 0 Å². The smallest absolute Gasteiger partial charge is 0.409 e. The van der Waals surface area contributed by atoms with E-state index in [1.165, 1.54) is 6.92 Å². The number of aliphatic hydroxyl groups excluding tert-OH is 1. The molecule has 0 radical (unpaired) electrons. The van der Waals surface area contributed by atoms with Crippen LogP contribution in [0, 0.1) is 11.8 Å². The molecule has 2 N–H and O–H groups in total. The van der Waals surface area contributed by atoms with Crippen molar-refractivity contribution in [1.82, 2.24) is 9.80 Å². The van der Waals surface area contributed by atoms with Crippen LogP contribution < -0.4 is 0 Å². The zero-order valence-electron chi connectivity index (χ0n) is 24.2. The molecule has 0 saturated carbocycles. The first-order chi connectivity index (χ1) is 18.3. The van der Waals surface area contributed by atoms with Gasteiger partial charge < -0.3 is 34.2 Å². The van der Waals surface area contributed by atoms with Crippen molar-refractivity contribution in [1.29, 1.82) is 0 Å². The SMILES string of the molecule is CC(=O)O[C@H]1/C=C/[C@H](C)[C@@H](/C(C)=C/C=C/[C@@H](C)COC(=O)N2CCN(C)CC2)OC(=O)C[C@H](O)CC[C@@]1(C)O. The van der Waals surface area contributed by atoms with E-state index in [0.717, 1.165) is 18.7 Å². The molecule has 220 valence electrons. The number of ether oxygens (including phenoxy) is 3. The van der Waals surface area contributed by atoms with Gasteiger partial charge in [-0.05, 0) is 45.4 Å². The van der Waals surface area contributed by atoms with Crippen molar-refractivity contribution in [2.75, 3.05) is 39.8 Å². The van der Waals surface area contributed by atoms with Gasteiger partial charge >= 0.3 is 18.0 Å². The van der Waals surface area contributed by atoms with Crippen LogP contribution in [0.25, 0.3) is 0 Å². The van der Waals surface area contributed by atoms with Crippen LogP contribution in [0.15, 0.2) is 36.0 Å². The van der Waals surface area contributed by atoms with Gasteiger partial charge in [0.1, 0.15) is 17.8 Å². The summed E-state index contributed by atoms with van der Waals surface area (Å²) in [6.45, 7) is 11.7. The van der Waals surface area contributed by atoms with Crippen molar-refractivity contribution in [3.8, 4) is 0 Å². The lowest BCUT2D eigenvalue weighted by atomic mass is 9.88. The van der Waals surface area contributed by atoms with Crippen LogP contribution in [0.4, 0.5) is 4.79 Å². The number of rotatable bonds is 6. The van der Waals surface area contributed by atoms with E-state index in [-0.39, 0.29) is 43.8 Å². The van der Waals surface area contributed by atoms with Gasteiger partial charge in [0.25, 0.3) is 0 Å². The molecule has 0 unspecified atom stereocenters. The lowest BCUT2D eigenvalue weighted by Crippen LogP contribution is -2.47. The Morgan fingerprint density at radius 3 is 2.54 bits per heavy atom. The van der Waals surface area contributed by atoms with Crippen molar-refractivity contribution in [3.05, 3.63) is 36.0 Å². The predicted octanol–water partition coefficient (Wildman–Crippen LogP) is 2.84. The number of cyclic esters (lactones) is 1. The molecule has 0 aliphatic carbocycles. The van der Waals surface area contributed by atoms with E-state index in [9.17, 15) is 24.6 Å². The molecule has 2 aliphatic heterocycles. The Bertz CT molecular complexity index is 920. The number of esters is 2. The highest BCUT2D eigenvalue weighted by Crippen LogP contribution is 2.27. The summed E-state index contributed by atoms with van der Waals surface area (Å²) in [7, 11) is 2.03. The van der Waals surface area contributed by atoms with Crippen LogP contribution in [0.3, 0.4) is 0 Å². The molecular weight excluding hydrogens is 504 g/mol. The highest BCUT2D eigenvalue weighted by atomic mass is 16.6. The number of hydrogen-bond donors (Lipinski definition) is 2. The topological polar surface area (TPSA) is 126 Å². The minimum atomic E-state index is -1.42. The lowest BCUT2D eigenvalue weighted by Gasteiger charge is -2.32. The van der Waals surface area contributed by atoms with Crippen molar-refractivity contribution in [2.45, 2.75) is 77.8 Å². The summed E-state index contributed by atoms with van der Waals surface area (Å²) in [5, 5.41) is 21.3. The summed E-state index contributed by atoms with van der Waals surface area (Å²) >= 11 is 0. The molecule has 10 nitrogen and oxygen atoms in total. The maximum Gasteiger partial charge on any atom is 0.409 e. The van der Waals surface area contributed by atoms with E-state index in [1.807, 2.05) is 46.0 Å². The highest BCUT2D eigenvalue weighted by Gasteiger charge is 2.35. The number of nitrogens with zero attached hydrogens (tertiary/aromatic N) is 2. The van der Waals surface area contributed by atoms with Crippen molar-refractivity contribution >= 4 is 18.0 Å². The van der Waals surface area contributed by atoms with E-state index in [2.05, 4.69) is 4.90 Å². The van der Waals surface area contributed by atoms with Gasteiger partial charge in [-0.3, -0.25) is 9.59 Å². The van der Waals surface area contributed by atoms with Crippen LogP contribution in [-0.2, 0) is 23.8 Å². The highest BCUT2D eigenvalue weighted by molar-refractivity contribution is 5.70. The molecule has 1 fully saturated rings. The van der Waals surface area contributed by atoms with Gasteiger partial charge in [0.05, 0.1) is 19.1 Å². The molecule has 1 saturated heterocycles. The summed E-state index contributed by atoms with van der Waals surface area (Å²) in [4.78, 5) is 40.4. The van der Waals surface area contributed by atoms with Crippen LogP contribution >= 0.6 is 0 Å². The fraction of sp³-hybridized carbons (Fsp3) is 0.690. The number of piperazine rings is 1. The molecule has 0 aromatic carbocycles. The average molecular weight is 551 g/mol. The van der Waals surface area contributed by atoms with E-state index < -0.39 is 35.9 Å². The second-order valence-electron chi connectivity index (χ2n) is 11.1. The molecule has 10 heteroatoms. The zero-order valence-corrected chi connectivity index (χ0v) is 24.2. The van der Waals surface area contributed by atoms with E-state index >= 15 is 0 Å². The molecule has 6 atom stereocenters. The van der Waals surface area contributed by atoms with Gasteiger partial charge in [0, 0.05) is 44.9 Å². The predicted molar refractivity (Wildman–Crippen MR) is 147 cm³/mol. The molecular formula is C29H46N2O8. The van der Waals surface area contributed by atoms with Crippen molar-refractivity contribution in [3.63, 3.8) is 0 Å². The fourth-order valence-corrected chi connectivity index (χ4v) is 4.46. The number of allylic oxidation sites excluding steroid dienone is 2. The maximum atomic E-state index is 12.6. The summed E-state index contributed by atoms with van der Waals surface area (Å²) in [5.74, 6) is -1.40. The Kier molecular flexibility index (Phi) is 12.7. The van der Waals surface area contributed by atoms with Gasteiger partial charge in [-0.15, -0.1) is 0 Å². The molecule has 2 heterocycles. The van der Waals surface area contributed by atoms with Gasteiger partial charge in [0.15, 0.2) is 0 Å². The third-order valence-electron chi connectivity index (χ3n) is 7.10. The third kappa shape index (κ3) is 11.1.